The molecule has 0 radical (unpaired) electrons. The maximum atomic E-state index is 6.24. The largest absolute Gasteiger partial charge is 0.486 e. The van der Waals surface area contributed by atoms with E-state index in [1.165, 1.54) is 4.88 Å². The van der Waals surface area contributed by atoms with Gasteiger partial charge in [0.05, 0.1) is 4.34 Å². The first kappa shape index (κ1) is 12.8. The van der Waals surface area contributed by atoms with Gasteiger partial charge in [-0.15, -0.1) is 11.3 Å². The summed E-state index contributed by atoms with van der Waals surface area (Å²) >= 11 is 7.49. The van der Waals surface area contributed by atoms with E-state index in [1.54, 1.807) is 11.3 Å². The number of benzene rings is 1. The summed E-state index contributed by atoms with van der Waals surface area (Å²) in [7, 11) is 0. The molecule has 0 spiro atoms. The van der Waals surface area contributed by atoms with E-state index >= 15 is 0 Å². The molecule has 0 saturated heterocycles. The van der Waals surface area contributed by atoms with Crippen molar-refractivity contribution >= 4 is 22.9 Å². The van der Waals surface area contributed by atoms with Crippen molar-refractivity contribution in [1.29, 1.82) is 0 Å². The van der Waals surface area contributed by atoms with Crippen LogP contribution in [0, 0.1) is 0 Å². The van der Waals surface area contributed by atoms with Crippen molar-refractivity contribution in [2.45, 2.75) is 12.5 Å². The molecular formula is C14H14ClNO2S. The van der Waals surface area contributed by atoms with Gasteiger partial charge in [-0.1, -0.05) is 17.7 Å². The average Bonchev–Trinajstić information content (AvgIpc) is 2.83. The molecule has 3 nitrogen and oxygen atoms in total. The summed E-state index contributed by atoms with van der Waals surface area (Å²) in [6.07, 6.45) is 0.775. The van der Waals surface area contributed by atoms with Gasteiger partial charge in [0.25, 0.3) is 0 Å². The third kappa shape index (κ3) is 2.86. The van der Waals surface area contributed by atoms with Crippen molar-refractivity contribution < 1.29 is 9.47 Å². The van der Waals surface area contributed by atoms with Gasteiger partial charge in [0.15, 0.2) is 11.5 Å². The van der Waals surface area contributed by atoms with E-state index in [1.807, 2.05) is 30.3 Å². The first-order valence-corrected chi connectivity index (χ1v) is 7.31. The highest BCUT2D eigenvalue weighted by atomic mass is 35.5. The van der Waals surface area contributed by atoms with Gasteiger partial charge in [0.2, 0.25) is 0 Å². The molecule has 2 N–H and O–H groups in total. The molecule has 100 valence electrons. The molecule has 1 unspecified atom stereocenters. The quantitative estimate of drug-likeness (QED) is 0.944. The predicted molar refractivity (Wildman–Crippen MR) is 77.4 cm³/mol. The summed E-state index contributed by atoms with van der Waals surface area (Å²) in [4.78, 5) is 1.19. The van der Waals surface area contributed by atoms with E-state index in [0.717, 1.165) is 27.8 Å². The minimum absolute atomic E-state index is 0.0643. The van der Waals surface area contributed by atoms with Crippen LogP contribution in [0.4, 0.5) is 0 Å². The van der Waals surface area contributed by atoms with Crippen LogP contribution in [0.25, 0.3) is 0 Å². The molecule has 1 aliphatic heterocycles. The highest BCUT2D eigenvalue weighted by molar-refractivity contribution is 7.16. The van der Waals surface area contributed by atoms with E-state index in [9.17, 15) is 0 Å². The van der Waals surface area contributed by atoms with Gasteiger partial charge in [0, 0.05) is 17.3 Å². The van der Waals surface area contributed by atoms with Crippen LogP contribution in [0.3, 0.4) is 0 Å². The second-order valence-electron chi connectivity index (χ2n) is 4.42. The smallest absolute Gasteiger partial charge is 0.161 e. The molecule has 2 heterocycles. The Labute approximate surface area is 120 Å². The number of nitrogens with two attached hydrogens (primary N) is 1. The Hall–Kier alpha value is -1.23. The van der Waals surface area contributed by atoms with Gasteiger partial charge >= 0.3 is 0 Å². The van der Waals surface area contributed by atoms with Gasteiger partial charge in [-0.3, -0.25) is 0 Å². The van der Waals surface area contributed by atoms with Crippen molar-refractivity contribution in [3.8, 4) is 11.5 Å². The number of thiophene rings is 1. The van der Waals surface area contributed by atoms with Crippen molar-refractivity contribution in [2.24, 2.45) is 5.73 Å². The fourth-order valence-corrected chi connectivity index (χ4v) is 3.23. The molecule has 1 atom stereocenters. The number of hydrogen-bond donors (Lipinski definition) is 1. The fraction of sp³-hybridized carbons (Fsp3) is 0.286. The number of rotatable bonds is 3. The molecule has 5 heteroatoms. The SMILES string of the molecule is NC(Cc1ccc(Cl)s1)c1ccc2c(c1)OCCO2. The first-order chi connectivity index (χ1) is 9.22. The molecule has 2 aromatic rings. The van der Waals surface area contributed by atoms with Crippen molar-refractivity contribution in [3.05, 3.63) is 45.1 Å². The molecule has 0 amide bonds. The topological polar surface area (TPSA) is 44.5 Å². The Kier molecular flexibility index (Phi) is 3.64. The van der Waals surface area contributed by atoms with Crippen molar-refractivity contribution in [1.82, 2.24) is 0 Å². The summed E-state index contributed by atoms with van der Waals surface area (Å²) in [6.45, 7) is 1.19. The normalized spacial score (nSPS) is 15.3. The molecule has 0 fully saturated rings. The monoisotopic (exact) mass is 295 g/mol. The molecule has 0 bridgehead atoms. The summed E-state index contributed by atoms with van der Waals surface area (Å²) in [5, 5.41) is 0. The van der Waals surface area contributed by atoms with Gasteiger partial charge in [0.1, 0.15) is 13.2 Å². The zero-order chi connectivity index (χ0) is 13.2. The standard InChI is InChI=1S/C14H14ClNO2S/c15-14-4-2-10(19-14)8-11(16)9-1-3-12-13(7-9)18-6-5-17-12/h1-4,7,11H,5-6,8,16H2. The highest BCUT2D eigenvalue weighted by Gasteiger charge is 2.15. The number of fused-ring (bicyclic) bond motifs is 1. The second kappa shape index (κ2) is 5.41. The van der Waals surface area contributed by atoms with Crippen LogP contribution < -0.4 is 15.2 Å². The molecule has 1 aromatic carbocycles. The van der Waals surface area contributed by atoms with E-state index in [0.29, 0.717) is 13.2 Å². The predicted octanol–water partition coefficient (Wildman–Crippen LogP) is 3.42. The van der Waals surface area contributed by atoms with Crippen LogP contribution in [0.1, 0.15) is 16.5 Å². The maximum absolute atomic E-state index is 6.24. The highest BCUT2D eigenvalue weighted by Crippen LogP contribution is 2.33. The van der Waals surface area contributed by atoms with Crippen LogP contribution in [-0.2, 0) is 6.42 Å². The summed E-state index contributed by atoms with van der Waals surface area (Å²) < 4.78 is 11.9. The number of hydrogen-bond acceptors (Lipinski definition) is 4. The Morgan fingerprint density at radius 3 is 2.68 bits per heavy atom. The summed E-state index contributed by atoms with van der Waals surface area (Å²) in [6, 6.07) is 9.74. The van der Waals surface area contributed by atoms with E-state index < -0.39 is 0 Å². The molecule has 1 aromatic heterocycles. The zero-order valence-electron chi connectivity index (χ0n) is 10.3. The molecule has 3 rings (SSSR count). The minimum Gasteiger partial charge on any atom is -0.486 e. The van der Waals surface area contributed by atoms with Crippen molar-refractivity contribution in [2.75, 3.05) is 13.2 Å². The van der Waals surface area contributed by atoms with Crippen LogP contribution in [0.2, 0.25) is 4.34 Å². The lowest BCUT2D eigenvalue weighted by molar-refractivity contribution is 0.171. The summed E-state index contributed by atoms with van der Waals surface area (Å²) in [5.74, 6) is 1.57. The third-order valence-electron chi connectivity index (χ3n) is 3.04. The average molecular weight is 296 g/mol. The van der Waals surface area contributed by atoms with Crippen LogP contribution in [-0.4, -0.2) is 13.2 Å². The minimum atomic E-state index is -0.0643. The molecular weight excluding hydrogens is 282 g/mol. The summed E-state index contributed by atoms with van der Waals surface area (Å²) in [5.41, 5.74) is 7.29. The van der Waals surface area contributed by atoms with E-state index in [-0.39, 0.29) is 6.04 Å². The lowest BCUT2D eigenvalue weighted by Gasteiger charge is -2.20. The molecule has 0 aliphatic carbocycles. The first-order valence-electron chi connectivity index (χ1n) is 6.12. The second-order valence-corrected chi connectivity index (χ2v) is 6.22. The number of ether oxygens (including phenoxy) is 2. The van der Waals surface area contributed by atoms with Crippen LogP contribution >= 0.6 is 22.9 Å². The Morgan fingerprint density at radius 1 is 1.16 bits per heavy atom. The number of halogens is 1. The van der Waals surface area contributed by atoms with Gasteiger partial charge in [-0.05, 0) is 29.8 Å². The third-order valence-corrected chi connectivity index (χ3v) is 4.30. The van der Waals surface area contributed by atoms with Gasteiger partial charge in [-0.25, -0.2) is 0 Å². The maximum Gasteiger partial charge on any atom is 0.161 e. The Bertz CT molecular complexity index is 585. The fourth-order valence-electron chi connectivity index (χ4n) is 2.09. The van der Waals surface area contributed by atoms with Gasteiger partial charge < -0.3 is 15.2 Å². The lowest BCUT2D eigenvalue weighted by Crippen LogP contribution is -2.17. The zero-order valence-corrected chi connectivity index (χ0v) is 11.8. The Balaban J connectivity index is 1.77. The van der Waals surface area contributed by atoms with Crippen molar-refractivity contribution in [3.63, 3.8) is 0 Å². The molecule has 0 saturated carbocycles. The Morgan fingerprint density at radius 2 is 1.95 bits per heavy atom. The van der Waals surface area contributed by atoms with E-state index in [2.05, 4.69) is 0 Å². The lowest BCUT2D eigenvalue weighted by atomic mass is 10.0. The van der Waals surface area contributed by atoms with Crippen LogP contribution in [0.5, 0.6) is 11.5 Å². The van der Waals surface area contributed by atoms with E-state index in [4.69, 9.17) is 26.8 Å². The van der Waals surface area contributed by atoms with Crippen LogP contribution in [0.15, 0.2) is 30.3 Å². The molecule has 19 heavy (non-hydrogen) atoms. The van der Waals surface area contributed by atoms with Gasteiger partial charge in [-0.2, -0.15) is 0 Å². The molecule has 1 aliphatic rings.